The number of fused-ring (bicyclic) bond motifs is 1. The van der Waals surface area contributed by atoms with Crippen LogP contribution in [0.15, 0.2) is 86.2 Å². The van der Waals surface area contributed by atoms with E-state index in [1.807, 2.05) is 37.3 Å². The van der Waals surface area contributed by atoms with E-state index >= 15 is 0 Å². The Morgan fingerprint density at radius 3 is 2.52 bits per heavy atom. The van der Waals surface area contributed by atoms with Crippen LogP contribution in [0.1, 0.15) is 74.8 Å². The van der Waals surface area contributed by atoms with Gasteiger partial charge in [-0.3, -0.25) is 9.36 Å². The second-order valence-electron chi connectivity index (χ2n) is 11.1. The topological polar surface area (TPSA) is 79.1 Å². The summed E-state index contributed by atoms with van der Waals surface area (Å²) in [6.45, 7) is 8.26. The third kappa shape index (κ3) is 6.88. The third-order valence-electron chi connectivity index (χ3n) is 7.69. The SMILES string of the molecule is CCCC1=C(C(=O)OCC)[C@H](c2ccc(C(C)C)cc2)n2c(s/c(=C\c3cc(Br)c(OCc4ccccc4F)c(OC)c3)c2=O)=N1. The summed E-state index contributed by atoms with van der Waals surface area (Å²) in [6, 6.07) is 17.3. The van der Waals surface area contributed by atoms with Crippen LogP contribution < -0.4 is 24.4 Å². The maximum absolute atomic E-state index is 14.2. The summed E-state index contributed by atoms with van der Waals surface area (Å²) in [6.07, 6.45) is 3.11. The summed E-state index contributed by atoms with van der Waals surface area (Å²) >= 11 is 4.83. The zero-order chi connectivity index (χ0) is 33.0. The van der Waals surface area contributed by atoms with Gasteiger partial charge in [-0.15, -0.1) is 0 Å². The highest BCUT2D eigenvalue weighted by atomic mass is 79.9. The molecule has 46 heavy (non-hydrogen) atoms. The first kappa shape index (κ1) is 33.3. The highest BCUT2D eigenvalue weighted by molar-refractivity contribution is 9.10. The molecule has 0 aliphatic carbocycles. The van der Waals surface area contributed by atoms with E-state index in [0.717, 1.165) is 17.5 Å². The van der Waals surface area contributed by atoms with Crippen molar-refractivity contribution in [3.63, 3.8) is 0 Å². The smallest absolute Gasteiger partial charge is 0.338 e. The van der Waals surface area contributed by atoms with Crippen LogP contribution in [-0.4, -0.2) is 24.3 Å². The lowest BCUT2D eigenvalue weighted by molar-refractivity contribution is -0.139. The molecule has 0 amide bonds. The number of esters is 1. The predicted molar refractivity (Wildman–Crippen MR) is 182 cm³/mol. The second-order valence-corrected chi connectivity index (χ2v) is 13.0. The van der Waals surface area contributed by atoms with Crippen LogP contribution in [0.2, 0.25) is 0 Å². The third-order valence-corrected chi connectivity index (χ3v) is 9.26. The minimum atomic E-state index is -0.685. The van der Waals surface area contributed by atoms with Crippen LogP contribution in [0.25, 0.3) is 6.08 Å². The van der Waals surface area contributed by atoms with Gasteiger partial charge in [0, 0.05) is 5.56 Å². The first-order valence-electron chi connectivity index (χ1n) is 15.2. The molecule has 7 nitrogen and oxygen atoms in total. The van der Waals surface area contributed by atoms with Crippen molar-refractivity contribution in [3.8, 4) is 11.5 Å². The number of aromatic nitrogens is 1. The van der Waals surface area contributed by atoms with Crippen molar-refractivity contribution in [3.05, 3.63) is 124 Å². The Balaban J connectivity index is 1.61. The molecule has 0 N–H and O–H groups in total. The quantitative estimate of drug-likeness (QED) is 0.154. The van der Waals surface area contributed by atoms with E-state index in [9.17, 15) is 14.0 Å². The number of thiazole rings is 1. The van der Waals surface area contributed by atoms with Gasteiger partial charge in [0.05, 0.1) is 40.0 Å². The summed E-state index contributed by atoms with van der Waals surface area (Å²) in [5, 5.41) is 0. The zero-order valence-corrected chi connectivity index (χ0v) is 28.8. The van der Waals surface area contributed by atoms with Crippen molar-refractivity contribution in [1.82, 2.24) is 4.57 Å². The fourth-order valence-corrected chi connectivity index (χ4v) is 6.97. The van der Waals surface area contributed by atoms with Gasteiger partial charge in [0.2, 0.25) is 0 Å². The minimum absolute atomic E-state index is 0.0145. The molecule has 0 radical (unpaired) electrons. The predicted octanol–water partition coefficient (Wildman–Crippen LogP) is 7.19. The van der Waals surface area contributed by atoms with Gasteiger partial charge in [0.1, 0.15) is 12.4 Å². The average molecular weight is 708 g/mol. The molecule has 1 atom stereocenters. The van der Waals surface area contributed by atoms with Crippen molar-refractivity contribution in [2.45, 2.75) is 59.1 Å². The lowest BCUT2D eigenvalue weighted by atomic mass is 9.92. The molecule has 3 aromatic carbocycles. The van der Waals surface area contributed by atoms with E-state index in [0.29, 0.717) is 60.0 Å². The number of benzene rings is 3. The van der Waals surface area contributed by atoms with Crippen LogP contribution in [0.3, 0.4) is 0 Å². The van der Waals surface area contributed by atoms with Crippen LogP contribution in [-0.2, 0) is 16.1 Å². The van der Waals surface area contributed by atoms with Gasteiger partial charge in [0.15, 0.2) is 16.3 Å². The molecule has 4 aromatic rings. The Morgan fingerprint density at radius 1 is 1.13 bits per heavy atom. The maximum atomic E-state index is 14.2. The molecule has 0 saturated heterocycles. The molecule has 0 saturated carbocycles. The molecule has 1 aliphatic heterocycles. The van der Waals surface area contributed by atoms with Crippen molar-refractivity contribution < 1.29 is 23.4 Å². The van der Waals surface area contributed by atoms with E-state index < -0.39 is 12.0 Å². The summed E-state index contributed by atoms with van der Waals surface area (Å²) in [7, 11) is 1.52. The maximum Gasteiger partial charge on any atom is 0.338 e. The molecule has 0 unspecified atom stereocenters. The van der Waals surface area contributed by atoms with Crippen molar-refractivity contribution in [1.29, 1.82) is 0 Å². The summed E-state index contributed by atoms with van der Waals surface area (Å²) in [5.41, 5.74) is 3.82. The van der Waals surface area contributed by atoms with E-state index in [1.54, 1.807) is 41.8 Å². The number of hydrogen-bond donors (Lipinski definition) is 0. The first-order chi connectivity index (χ1) is 22.2. The summed E-state index contributed by atoms with van der Waals surface area (Å²) < 4.78 is 33.9. The Bertz CT molecular complexity index is 1960. The lowest BCUT2D eigenvalue weighted by Gasteiger charge is -2.26. The van der Waals surface area contributed by atoms with E-state index in [1.165, 1.54) is 24.5 Å². The van der Waals surface area contributed by atoms with Gasteiger partial charge >= 0.3 is 5.97 Å². The average Bonchev–Trinajstić information content (AvgIpc) is 3.34. The lowest BCUT2D eigenvalue weighted by Crippen LogP contribution is -2.40. The fraction of sp³-hybridized carbons (Fsp3) is 0.306. The fourth-order valence-electron chi connectivity index (χ4n) is 5.38. The number of carbonyl (C=O) groups excluding carboxylic acids is 1. The van der Waals surface area contributed by atoms with Gasteiger partial charge in [-0.25, -0.2) is 14.2 Å². The number of nitrogens with zero attached hydrogens (tertiary/aromatic N) is 2. The molecule has 2 heterocycles. The molecule has 0 fully saturated rings. The molecule has 0 spiro atoms. The van der Waals surface area contributed by atoms with E-state index in [-0.39, 0.29) is 24.6 Å². The molecule has 1 aromatic heterocycles. The molecular formula is C36H36BrFN2O5S. The molecule has 10 heteroatoms. The molecule has 5 rings (SSSR count). The van der Waals surface area contributed by atoms with Crippen LogP contribution in [0, 0.1) is 5.82 Å². The van der Waals surface area contributed by atoms with Crippen molar-refractivity contribution >= 4 is 39.3 Å². The molecule has 240 valence electrons. The zero-order valence-electron chi connectivity index (χ0n) is 26.4. The number of methoxy groups -OCH3 is 1. The number of halogens is 2. The van der Waals surface area contributed by atoms with E-state index in [4.69, 9.17) is 19.2 Å². The van der Waals surface area contributed by atoms with Crippen molar-refractivity contribution in [2.75, 3.05) is 13.7 Å². The summed E-state index contributed by atoms with van der Waals surface area (Å²) in [5.74, 6) is 0.341. The molecule has 1 aliphatic rings. The van der Waals surface area contributed by atoms with Crippen LogP contribution >= 0.6 is 27.3 Å². The first-order valence-corrected chi connectivity index (χ1v) is 16.8. The van der Waals surface area contributed by atoms with Gasteiger partial charge in [-0.05, 0) is 76.2 Å². The monoisotopic (exact) mass is 706 g/mol. The van der Waals surface area contributed by atoms with Gasteiger partial charge < -0.3 is 14.2 Å². The minimum Gasteiger partial charge on any atom is -0.493 e. The highest BCUT2D eigenvalue weighted by Crippen LogP contribution is 2.38. The Labute approximate surface area is 279 Å². The highest BCUT2D eigenvalue weighted by Gasteiger charge is 2.34. The van der Waals surface area contributed by atoms with Gasteiger partial charge in [-0.1, -0.05) is 81.0 Å². The summed E-state index contributed by atoms with van der Waals surface area (Å²) in [4.78, 5) is 33.0. The number of allylic oxidation sites excluding steroid dienone is 1. The number of rotatable bonds is 11. The molecular weight excluding hydrogens is 671 g/mol. The number of hydrogen-bond acceptors (Lipinski definition) is 7. The number of ether oxygens (including phenoxy) is 3. The van der Waals surface area contributed by atoms with Gasteiger partial charge in [0.25, 0.3) is 5.56 Å². The Hall–Kier alpha value is -4.02. The Morgan fingerprint density at radius 2 is 1.87 bits per heavy atom. The van der Waals surface area contributed by atoms with E-state index in [2.05, 4.69) is 29.8 Å². The largest absolute Gasteiger partial charge is 0.493 e. The normalized spacial score (nSPS) is 14.7. The molecule has 0 bridgehead atoms. The standard InChI is InChI=1S/C36H36BrFN2O5S/c1-6-10-28-31(35(42)44-7-2)32(24-15-13-23(14-16-24)21(3)4)40-34(41)30(46-36(40)39-28)19-22-17-26(37)33(29(18-22)43-5)45-20-25-11-8-9-12-27(25)38/h8-9,11-19,21,32H,6-7,10,20H2,1-5H3/b30-19-/t32-/m0/s1. The Kier molecular flexibility index (Phi) is 10.6. The second kappa shape index (κ2) is 14.6. The van der Waals surface area contributed by atoms with Crippen LogP contribution in [0.5, 0.6) is 11.5 Å². The number of carbonyl (C=O) groups is 1. The van der Waals surface area contributed by atoms with Gasteiger partial charge in [-0.2, -0.15) is 0 Å². The van der Waals surface area contributed by atoms with Crippen LogP contribution in [0.4, 0.5) is 4.39 Å². The van der Waals surface area contributed by atoms with Crippen molar-refractivity contribution in [2.24, 2.45) is 4.99 Å².